The standard InChI is InChI=1S/C44H55NO7/c1-8-14-33(42(51)39(48)23-22-34(46)27-36(41(50)29(3)4)32-15-11-10-12-16-32)26-40(49)38-17-13-24-45(38)43(52)37(44(5,6)7)28-35(47)25-31-20-18-30(9-2)19-21-31/h2,10-12,15-16,18-21,29,33,36-38H,8,13-14,17,22-28H2,1,3-7H3/t33?,36-,37+,38-/m0/s1. The first-order chi connectivity index (χ1) is 24.6. The normalized spacial score (nSPS) is 16.1. The highest BCUT2D eigenvalue weighted by Crippen LogP contribution is 2.34. The molecule has 0 radical (unpaired) electrons. The lowest BCUT2D eigenvalue weighted by Crippen LogP contribution is -2.47. The van der Waals surface area contributed by atoms with Gasteiger partial charge in [0.05, 0.1) is 6.04 Å². The third-order valence-corrected chi connectivity index (χ3v) is 10.1. The van der Waals surface area contributed by atoms with Crippen LogP contribution in [-0.4, -0.2) is 58.1 Å². The van der Waals surface area contributed by atoms with Gasteiger partial charge in [-0.15, -0.1) is 6.42 Å². The monoisotopic (exact) mass is 709 g/mol. The van der Waals surface area contributed by atoms with Crippen LogP contribution in [0.2, 0.25) is 0 Å². The summed E-state index contributed by atoms with van der Waals surface area (Å²) in [4.78, 5) is 95.1. The van der Waals surface area contributed by atoms with Gasteiger partial charge < -0.3 is 4.90 Å². The number of rotatable bonds is 20. The Morgan fingerprint density at radius 3 is 2.10 bits per heavy atom. The molecule has 0 bridgehead atoms. The molecule has 0 N–H and O–H groups in total. The lowest BCUT2D eigenvalue weighted by Gasteiger charge is -2.35. The molecule has 8 heteroatoms. The van der Waals surface area contributed by atoms with Crippen LogP contribution >= 0.6 is 0 Å². The SMILES string of the molecule is C#Cc1ccc(CC(=O)C[C@H](C(=O)N2CCC[C@H]2C(=O)CC(CCC)C(=O)C(=O)CCC(=O)C[C@H](C(=O)C(C)C)c2ccccc2)C(C)(C)C)cc1. The van der Waals surface area contributed by atoms with Gasteiger partial charge >= 0.3 is 0 Å². The van der Waals surface area contributed by atoms with Crippen molar-refractivity contribution in [2.45, 2.75) is 118 Å². The average molecular weight is 710 g/mol. The predicted octanol–water partition coefficient (Wildman–Crippen LogP) is 7.08. The summed E-state index contributed by atoms with van der Waals surface area (Å²) < 4.78 is 0. The van der Waals surface area contributed by atoms with Crippen LogP contribution in [0.5, 0.6) is 0 Å². The zero-order valence-corrected chi connectivity index (χ0v) is 31.7. The molecule has 1 saturated heterocycles. The number of hydrogen-bond donors (Lipinski definition) is 0. The van der Waals surface area contributed by atoms with Gasteiger partial charge in [0.1, 0.15) is 17.3 Å². The number of Topliss-reactive ketones (excluding diaryl/α,β-unsaturated/α-hetero) is 6. The Balaban J connectivity index is 1.64. The fraction of sp³-hybridized carbons (Fsp3) is 0.523. The molecule has 1 unspecified atom stereocenters. The fourth-order valence-corrected chi connectivity index (χ4v) is 7.03. The quantitative estimate of drug-likeness (QED) is 0.106. The Morgan fingerprint density at radius 1 is 0.865 bits per heavy atom. The Kier molecular flexibility index (Phi) is 15.6. The van der Waals surface area contributed by atoms with Crippen molar-refractivity contribution in [3.8, 4) is 12.3 Å². The predicted molar refractivity (Wildman–Crippen MR) is 201 cm³/mol. The second kappa shape index (κ2) is 19.4. The molecule has 1 aliphatic heterocycles. The molecule has 8 nitrogen and oxygen atoms in total. The Labute approximate surface area is 309 Å². The van der Waals surface area contributed by atoms with E-state index in [0.29, 0.717) is 32.2 Å². The summed E-state index contributed by atoms with van der Waals surface area (Å²) in [6.45, 7) is 11.5. The van der Waals surface area contributed by atoms with Crippen LogP contribution in [0.4, 0.5) is 0 Å². The molecule has 52 heavy (non-hydrogen) atoms. The Morgan fingerprint density at radius 2 is 1.52 bits per heavy atom. The molecule has 2 aromatic rings. The van der Waals surface area contributed by atoms with Crippen molar-refractivity contribution in [1.29, 1.82) is 0 Å². The van der Waals surface area contributed by atoms with Crippen LogP contribution < -0.4 is 0 Å². The maximum Gasteiger partial charge on any atom is 0.227 e. The minimum atomic E-state index is -0.849. The van der Waals surface area contributed by atoms with Crippen LogP contribution in [0.15, 0.2) is 54.6 Å². The number of hydrogen-bond acceptors (Lipinski definition) is 7. The molecule has 1 aliphatic rings. The lowest BCUT2D eigenvalue weighted by molar-refractivity contribution is -0.146. The molecule has 2 aromatic carbocycles. The van der Waals surface area contributed by atoms with Crippen LogP contribution in [0.1, 0.15) is 122 Å². The summed E-state index contributed by atoms with van der Waals surface area (Å²) in [5.74, 6) is -2.16. The third-order valence-electron chi connectivity index (χ3n) is 10.1. The number of nitrogens with zero attached hydrogens (tertiary/aromatic N) is 1. The molecule has 1 heterocycles. The number of benzene rings is 2. The van der Waals surface area contributed by atoms with Crippen molar-refractivity contribution >= 4 is 40.6 Å². The molecule has 0 aliphatic carbocycles. The highest BCUT2D eigenvalue weighted by molar-refractivity contribution is 6.38. The van der Waals surface area contributed by atoms with Crippen LogP contribution in [0, 0.1) is 35.5 Å². The maximum absolute atomic E-state index is 14.1. The van der Waals surface area contributed by atoms with E-state index in [0.717, 1.165) is 16.7 Å². The molecular weight excluding hydrogens is 654 g/mol. The molecular formula is C44H55NO7. The van der Waals surface area contributed by atoms with E-state index in [4.69, 9.17) is 6.42 Å². The highest BCUT2D eigenvalue weighted by Gasteiger charge is 2.42. The van der Waals surface area contributed by atoms with Gasteiger partial charge in [0.25, 0.3) is 0 Å². The van der Waals surface area contributed by atoms with Gasteiger partial charge in [0.2, 0.25) is 11.7 Å². The zero-order valence-electron chi connectivity index (χ0n) is 31.7. The number of likely N-dealkylation sites (tertiary alicyclic amines) is 1. The van der Waals surface area contributed by atoms with Gasteiger partial charge in [0, 0.05) is 74.3 Å². The zero-order chi connectivity index (χ0) is 38.6. The summed E-state index contributed by atoms with van der Waals surface area (Å²) >= 11 is 0. The minimum absolute atomic E-state index is 0.0263. The van der Waals surface area contributed by atoms with E-state index in [1.54, 1.807) is 30.9 Å². The number of ketones is 6. The van der Waals surface area contributed by atoms with Crippen molar-refractivity contribution in [3.63, 3.8) is 0 Å². The summed E-state index contributed by atoms with van der Waals surface area (Å²) in [5.41, 5.74) is 1.71. The highest BCUT2D eigenvalue weighted by atomic mass is 16.2. The van der Waals surface area contributed by atoms with Gasteiger partial charge in [0.15, 0.2) is 11.6 Å². The number of carbonyl (C=O) groups excluding carboxylic acids is 7. The summed E-state index contributed by atoms with van der Waals surface area (Å²) in [6, 6.07) is 15.5. The van der Waals surface area contributed by atoms with E-state index >= 15 is 0 Å². The van der Waals surface area contributed by atoms with Crippen LogP contribution in [0.25, 0.3) is 0 Å². The smallest absolute Gasteiger partial charge is 0.227 e. The molecule has 0 aromatic heterocycles. The largest absolute Gasteiger partial charge is 0.332 e. The van der Waals surface area contributed by atoms with Crippen molar-refractivity contribution in [1.82, 2.24) is 4.90 Å². The van der Waals surface area contributed by atoms with Crippen LogP contribution in [-0.2, 0) is 40.0 Å². The van der Waals surface area contributed by atoms with E-state index in [9.17, 15) is 33.6 Å². The van der Waals surface area contributed by atoms with E-state index in [2.05, 4.69) is 5.92 Å². The van der Waals surface area contributed by atoms with E-state index in [1.165, 1.54) is 0 Å². The van der Waals surface area contributed by atoms with E-state index in [-0.39, 0.29) is 73.5 Å². The molecule has 278 valence electrons. The maximum atomic E-state index is 14.1. The van der Waals surface area contributed by atoms with Gasteiger partial charge in [-0.25, -0.2) is 0 Å². The molecule has 0 spiro atoms. The second-order valence-electron chi connectivity index (χ2n) is 15.6. The first-order valence-corrected chi connectivity index (χ1v) is 18.6. The molecule has 3 rings (SSSR count). The third kappa shape index (κ3) is 11.8. The molecule has 0 saturated carbocycles. The number of terminal acetylenes is 1. The van der Waals surface area contributed by atoms with Crippen molar-refractivity contribution in [2.24, 2.45) is 23.2 Å². The van der Waals surface area contributed by atoms with Gasteiger partial charge in [-0.2, -0.15) is 0 Å². The number of amides is 1. The number of carbonyl (C=O) groups is 7. The van der Waals surface area contributed by atoms with Crippen molar-refractivity contribution in [2.75, 3.05) is 6.54 Å². The van der Waals surface area contributed by atoms with E-state index < -0.39 is 40.8 Å². The topological polar surface area (TPSA) is 123 Å². The molecule has 1 amide bonds. The summed E-state index contributed by atoms with van der Waals surface area (Å²) in [5, 5.41) is 0. The second-order valence-corrected chi connectivity index (χ2v) is 15.6. The van der Waals surface area contributed by atoms with Gasteiger partial charge in [-0.1, -0.05) is 96.3 Å². The Bertz CT molecular complexity index is 1640. The van der Waals surface area contributed by atoms with E-state index in [1.807, 2.05) is 70.2 Å². The van der Waals surface area contributed by atoms with Gasteiger partial charge in [-0.3, -0.25) is 33.6 Å². The molecule has 4 atom stereocenters. The van der Waals surface area contributed by atoms with Crippen LogP contribution in [0.3, 0.4) is 0 Å². The van der Waals surface area contributed by atoms with Crippen molar-refractivity contribution < 1.29 is 33.6 Å². The summed E-state index contributed by atoms with van der Waals surface area (Å²) in [7, 11) is 0. The lowest BCUT2D eigenvalue weighted by atomic mass is 9.76. The first-order valence-electron chi connectivity index (χ1n) is 18.6. The summed E-state index contributed by atoms with van der Waals surface area (Å²) in [6.07, 6.45) is 6.91. The molecule has 1 fully saturated rings. The average Bonchev–Trinajstić information content (AvgIpc) is 3.61. The van der Waals surface area contributed by atoms with Crippen molar-refractivity contribution in [3.05, 3.63) is 71.3 Å². The fourth-order valence-electron chi connectivity index (χ4n) is 7.03. The first kappa shape index (κ1) is 41.9. The minimum Gasteiger partial charge on any atom is -0.332 e. The van der Waals surface area contributed by atoms with Gasteiger partial charge in [-0.05, 0) is 47.9 Å². The Hall–Kier alpha value is -4.51.